The number of aromatic nitrogens is 2. The van der Waals surface area contributed by atoms with Gasteiger partial charge < -0.3 is 4.74 Å². The monoisotopic (exact) mass is 268 g/mol. The van der Waals surface area contributed by atoms with Crippen LogP contribution in [0.15, 0.2) is 12.3 Å². The molecule has 3 unspecified atom stereocenters. The first-order valence-electron chi connectivity index (χ1n) is 7.27. The van der Waals surface area contributed by atoms with Crippen LogP contribution >= 0.6 is 0 Å². The second kappa shape index (κ2) is 8.30. The highest BCUT2D eigenvalue weighted by Crippen LogP contribution is 2.13. The summed E-state index contributed by atoms with van der Waals surface area (Å²) in [6.45, 7) is 9.16. The van der Waals surface area contributed by atoms with Crippen molar-refractivity contribution in [1.29, 1.82) is 0 Å². The fourth-order valence-corrected chi connectivity index (χ4v) is 2.17. The summed E-state index contributed by atoms with van der Waals surface area (Å²) in [6, 6.07) is 2.60. The maximum absolute atomic E-state index is 5.71. The Kier molecular flexibility index (Phi) is 7.05. The van der Waals surface area contributed by atoms with Crippen LogP contribution in [0.4, 0.5) is 0 Å². The molecule has 1 rings (SSSR count). The van der Waals surface area contributed by atoms with Gasteiger partial charge in [-0.05, 0) is 32.8 Å². The predicted octanol–water partition coefficient (Wildman–Crippen LogP) is 2.04. The van der Waals surface area contributed by atoms with E-state index in [9.17, 15) is 0 Å². The fraction of sp³-hybridized carbons (Fsp3) is 0.786. The van der Waals surface area contributed by atoms with Gasteiger partial charge in [-0.25, -0.2) is 0 Å². The molecule has 0 aliphatic rings. The molecule has 0 aliphatic heterocycles. The molecule has 1 aromatic rings. The summed E-state index contributed by atoms with van der Waals surface area (Å²) in [6.07, 6.45) is 4.98. The smallest absolute Gasteiger partial charge is 0.0742 e. The van der Waals surface area contributed by atoms with Gasteiger partial charge in [-0.2, -0.15) is 5.10 Å². The molecule has 1 heterocycles. The highest BCUT2D eigenvalue weighted by molar-refractivity contribution is 5.03. The second-order valence-electron chi connectivity index (χ2n) is 4.92. The van der Waals surface area contributed by atoms with Crippen molar-refractivity contribution >= 4 is 0 Å². The third kappa shape index (κ3) is 4.60. The van der Waals surface area contributed by atoms with Crippen LogP contribution in [0.25, 0.3) is 0 Å². The lowest BCUT2D eigenvalue weighted by molar-refractivity contribution is 0.0316. The lowest BCUT2D eigenvalue weighted by Crippen LogP contribution is -2.46. The van der Waals surface area contributed by atoms with E-state index >= 15 is 0 Å². The predicted molar refractivity (Wildman–Crippen MR) is 77.7 cm³/mol. The molecular weight excluding hydrogens is 240 g/mol. The molecule has 0 saturated heterocycles. The first-order chi connectivity index (χ1) is 9.15. The van der Waals surface area contributed by atoms with E-state index in [0.29, 0.717) is 12.6 Å². The zero-order valence-electron chi connectivity index (χ0n) is 12.6. The maximum atomic E-state index is 5.71. The van der Waals surface area contributed by atoms with Gasteiger partial charge in [0.2, 0.25) is 0 Å². The van der Waals surface area contributed by atoms with Crippen LogP contribution in [0.2, 0.25) is 0 Å². The van der Waals surface area contributed by atoms with Crippen molar-refractivity contribution in [3.8, 4) is 0 Å². The Morgan fingerprint density at radius 3 is 2.63 bits per heavy atom. The van der Waals surface area contributed by atoms with Crippen LogP contribution in [-0.2, 0) is 11.2 Å². The Morgan fingerprint density at radius 1 is 1.37 bits per heavy atom. The molecule has 0 bridgehead atoms. The molecule has 5 nitrogen and oxygen atoms in total. The summed E-state index contributed by atoms with van der Waals surface area (Å²) in [7, 11) is 0. The zero-order chi connectivity index (χ0) is 14.3. The van der Waals surface area contributed by atoms with Crippen LogP contribution in [0.5, 0.6) is 0 Å². The minimum absolute atomic E-state index is 0.102. The van der Waals surface area contributed by atoms with Crippen molar-refractivity contribution < 1.29 is 4.74 Å². The largest absolute Gasteiger partial charge is 0.377 e. The van der Waals surface area contributed by atoms with Gasteiger partial charge in [-0.3, -0.25) is 16.0 Å². The number of ether oxygens (including phenoxy) is 1. The minimum Gasteiger partial charge on any atom is -0.377 e. The van der Waals surface area contributed by atoms with Crippen LogP contribution in [-0.4, -0.2) is 28.5 Å². The Balaban J connectivity index is 2.67. The van der Waals surface area contributed by atoms with E-state index < -0.39 is 0 Å². The van der Waals surface area contributed by atoms with E-state index in [1.54, 1.807) is 0 Å². The van der Waals surface area contributed by atoms with Gasteiger partial charge in [-0.1, -0.05) is 13.8 Å². The third-order valence-electron chi connectivity index (χ3n) is 3.58. The van der Waals surface area contributed by atoms with Gasteiger partial charge in [-0.15, -0.1) is 0 Å². The molecule has 5 heteroatoms. The number of nitrogens with zero attached hydrogens (tertiary/aromatic N) is 2. The normalized spacial score (nSPS) is 16.3. The van der Waals surface area contributed by atoms with Gasteiger partial charge in [0.1, 0.15) is 0 Å². The Morgan fingerprint density at radius 2 is 2.11 bits per heavy atom. The topological polar surface area (TPSA) is 65.1 Å². The molecule has 0 aromatic carbocycles. The van der Waals surface area contributed by atoms with Gasteiger partial charge in [0, 0.05) is 25.3 Å². The van der Waals surface area contributed by atoms with Crippen LogP contribution in [0.3, 0.4) is 0 Å². The van der Waals surface area contributed by atoms with E-state index in [1.807, 2.05) is 17.8 Å². The van der Waals surface area contributed by atoms with Gasteiger partial charge in [0.25, 0.3) is 0 Å². The Labute approximate surface area is 116 Å². The quantitative estimate of drug-likeness (QED) is 0.531. The van der Waals surface area contributed by atoms with E-state index in [1.165, 1.54) is 0 Å². The first kappa shape index (κ1) is 16.1. The lowest BCUT2D eigenvalue weighted by atomic mass is 10.0. The molecule has 0 saturated carbocycles. The molecule has 3 atom stereocenters. The van der Waals surface area contributed by atoms with Gasteiger partial charge >= 0.3 is 0 Å². The maximum Gasteiger partial charge on any atom is 0.0742 e. The fourth-order valence-electron chi connectivity index (χ4n) is 2.17. The van der Waals surface area contributed by atoms with Gasteiger partial charge in [0.15, 0.2) is 0 Å². The average Bonchev–Trinajstić information content (AvgIpc) is 2.90. The van der Waals surface area contributed by atoms with E-state index in [-0.39, 0.29) is 12.1 Å². The summed E-state index contributed by atoms with van der Waals surface area (Å²) < 4.78 is 7.73. The summed E-state index contributed by atoms with van der Waals surface area (Å²) in [4.78, 5) is 0. The van der Waals surface area contributed by atoms with Crippen LogP contribution in [0, 0.1) is 0 Å². The number of hydrogen-bond acceptors (Lipinski definition) is 4. The van der Waals surface area contributed by atoms with Gasteiger partial charge in [0.05, 0.1) is 17.8 Å². The summed E-state index contributed by atoms with van der Waals surface area (Å²) in [5.74, 6) is 5.66. The number of hydrazine groups is 1. The molecule has 0 fully saturated rings. The highest BCUT2D eigenvalue weighted by atomic mass is 16.5. The molecule has 19 heavy (non-hydrogen) atoms. The summed E-state index contributed by atoms with van der Waals surface area (Å²) in [5, 5.41) is 4.61. The molecule has 0 amide bonds. The molecule has 0 aliphatic carbocycles. The minimum atomic E-state index is 0.102. The number of nitrogens with two attached hydrogens (primary N) is 1. The number of nitrogens with one attached hydrogen (secondary N) is 1. The van der Waals surface area contributed by atoms with Crippen molar-refractivity contribution in [3.05, 3.63) is 18.0 Å². The van der Waals surface area contributed by atoms with Crippen LogP contribution in [0.1, 0.15) is 52.3 Å². The van der Waals surface area contributed by atoms with E-state index in [2.05, 4.69) is 37.4 Å². The molecule has 0 radical (unpaired) electrons. The Bertz CT molecular complexity index is 353. The second-order valence-corrected chi connectivity index (χ2v) is 4.92. The summed E-state index contributed by atoms with van der Waals surface area (Å²) >= 11 is 0. The van der Waals surface area contributed by atoms with Crippen molar-refractivity contribution in [2.45, 2.75) is 65.1 Å². The van der Waals surface area contributed by atoms with E-state index in [0.717, 1.165) is 25.0 Å². The molecule has 1 aromatic heterocycles. The van der Waals surface area contributed by atoms with Crippen molar-refractivity contribution in [2.24, 2.45) is 5.84 Å². The molecular formula is C14H28N4O. The summed E-state index contributed by atoms with van der Waals surface area (Å²) in [5.41, 5.74) is 3.92. The first-order valence-corrected chi connectivity index (χ1v) is 7.27. The lowest BCUT2D eigenvalue weighted by Gasteiger charge is -2.24. The molecule has 0 spiro atoms. The zero-order valence-corrected chi connectivity index (χ0v) is 12.6. The average molecular weight is 268 g/mol. The molecule has 110 valence electrons. The molecule has 3 N–H and O–H groups in total. The third-order valence-corrected chi connectivity index (χ3v) is 3.58. The van der Waals surface area contributed by atoms with Crippen molar-refractivity contribution in [2.75, 3.05) is 6.61 Å². The van der Waals surface area contributed by atoms with Crippen LogP contribution < -0.4 is 11.3 Å². The standard InChI is InChI=1S/C14H28N4O/c1-5-11(4)18-9-8-12(17-18)10-13(16-15)14(6-2)19-7-3/h8-9,11,13-14,16H,5-7,10,15H2,1-4H3. The SMILES string of the molecule is CCOC(CC)C(Cc1ccn(C(C)CC)n1)NN. The number of rotatable bonds is 9. The van der Waals surface area contributed by atoms with E-state index in [4.69, 9.17) is 10.6 Å². The van der Waals surface area contributed by atoms with Crippen molar-refractivity contribution in [1.82, 2.24) is 15.2 Å². The number of hydrogen-bond donors (Lipinski definition) is 2. The highest BCUT2D eigenvalue weighted by Gasteiger charge is 2.20. The van der Waals surface area contributed by atoms with Crippen molar-refractivity contribution in [3.63, 3.8) is 0 Å². The Hall–Kier alpha value is -0.910.